The van der Waals surface area contributed by atoms with Crippen LogP contribution in [0.4, 0.5) is 25.0 Å². The van der Waals surface area contributed by atoms with Crippen molar-refractivity contribution in [3.05, 3.63) is 53.6 Å². The third-order valence-electron chi connectivity index (χ3n) is 2.46. The van der Waals surface area contributed by atoms with Gasteiger partial charge in [-0.25, -0.2) is 4.79 Å². The Morgan fingerprint density at radius 3 is 2.33 bits per heavy atom. The van der Waals surface area contributed by atoms with Crippen molar-refractivity contribution in [2.24, 2.45) is 0 Å². The van der Waals surface area contributed by atoms with Crippen LogP contribution in [0.15, 0.2) is 48.5 Å². The molecule has 0 saturated carbocycles. The first-order chi connectivity index (χ1) is 10.0. The molecule has 7 heteroatoms. The van der Waals surface area contributed by atoms with Gasteiger partial charge in [-0.2, -0.15) is 8.78 Å². The first kappa shape index (κ1) is 15.1. The first-order valence-corrected chi connectivity index (χ1v) is 6.30. The van der Waals surface area contributed by atoms with Gasteiger partial charge in [0.2, 0.25) is 0 Å². The van der Waals surface area contributed by atoms with Crippen molar-refractivity contribution in [3.63, 3.8) is 0 Å². The van der Waals surface area contributed by atoms with Crippen LogP contribution >= 0.6 is 11.6 Å². The Morgan fingerprint density at radius 2 is 1.71 bits per heavy atom. The summed E-state index contributed by atoms with van der Waals surface area (Å²) < 4.78 is 28.2. The van der Waals surface area contributed by atoms with Gasteiger partial charge in [-0.15, -0.1) is 0 Å². The Morgan fingerprint density at radius 1 is 1.05 bits per heavy atom. The molecule has 0 bridgehead atoms. The molecule has 2 amide bonds. The Bertz CT molecular complexity index is 621. The van der Waals surface area contributed by atoms with Crippen molar-refractivity contribution in [2.75, 3.05) is 10.6 Å². The van der Waals surface area contributed by atoms with Gasteiger partial charge in [-0.3, -0.25) is 0 Å². The molecule has 0 heterocycles. The fraction of sp³-hybridized carbons (Fsp3) is 0.0714. The molecule has 0 aromatic heterocycles. The molecule has 0 unspecified atom stereocenters. The summed E-state index contributed by atoms with van der Waals surface area (Å²) in [6, 6.07) is 11.8. The van der Waals surface area contributed by atoms with Crippen molar-refractivity contribution < 1.29 is 18.3 Å². The van der Waals surface area contributed by atoms with E-state index in [9.17, 15) is 13.6 Å². The number of ether oxygens (including phenoxy) is 1. The van der Waals surface area contributed by atoms with Crippen molar-refractivity contribution in [3.8, 4) is 5.75 Å². The molecule has 0 aliphatic carbocycles. The number of urea groups is 1. The Balaban J connectivity index is 1.95. The number of benzene rings is 2. The van der Waals surface area contributed by atoms with Gasteiger partial charge in [0, 0.05) is 5.69 Å². The standard InChI is InChI=1S/C14H11ClF2N2O2/c15-11-3-1-2-4-12(11)19-14(20)18-9-5-7-10(8-6-9)21-13(16)17/h1-8,13H,(H2,18,19,20). The molecular formula is C14H11ClF2N2O2. The summed E-state index contributed by atoms with van der Waals surface area (Å²) in [6.45, 7) is -2.88. The molecule has 21 heavy (non-hydrogen) atoms. The molecule has 0 spiro atoms. The predicted molar refractivity (Wildman–Crippen MR) is 77.2 cm³/mol. The van der Waals surface area contributed by atoms with Crippen LogP contribution in [0.25, 0.3) is 0 Å². The fourth-order valence-corrected chi connectivity index (χ4v) is 1.75. The molecule has 2 rings (SSSR count). The van der Waals surface area contributed by atoms with E-state index in [1.807, 2.05) is 0 Å². The van der Waals surface area contributed by atoms with E-state index in [0.29, 0.717) is 16.4 Å². The van der Waals surface area contributed by atoms with Gasteiger partial charge in [-0.1, -0.05) is 23.7 Å². The maximum Gasteiger partial charge on any atom is 0.387 e. The average molecular weight is 313 g/mol. The van der Waals surface area contributed by atoms with Gasteiger partial charge in [0.1, 0.15) is 5.75 Å². The number of para-hydroxylation sites is 1. The third-order valence-corrected chi connectivity index (χ3v) is 2.79. The highest BCUT2D eigenvalue weighted by Crippen LogP contribution is 2.21. The van der Waals surface area contributed by atoms with Crippen molar-refractivity contribution in [1.82, 2.24) is 0 Å². The number of amides is 2. The monoisotopic (exact) mass is 312 g/mol. The highest BCUT2D eigenvalue weighted by molar-refractivity contribution is 6.33. The number of carbonyl (C=O) groups excluding carboxylic acids is 1. The van der Waals surface area contributed by atoms with Gasteiger partial charge >= 0.3 is 12.6 Å². The van der Waals surface area contributed by atoms with Crippen molar-refractivity contribution in [1.29, 1.82) is 0 Å². The SMILES string of the molecule is O=C(Nc1ccc(OC(F)F)cc1)Nc1ccccc1Cl. The maximum atomic E-state index is 12.0. The van der Waals surface area contributed by atoms with Gasteiger partial charge in [0.15, 0.2) is 0 Å². The summed E-state index contributed by atoms with van der Waals surface area (Å²) in [4.78, 5) is 11.8. The van der Waals surface area contributed by atoms with Gasteiger partial charge in [0.05, 0.1) is 10.7 Å². The topological polar surface area (TPSA) is 50.4 Å². The molecule has 0 saturated heterocycles. The Kier molecular flexibility index (Phi) is 4.94. The number of hydrogen-bond acceptors (Lipinski definition) is 2. The maximum absolute atomic E-state index is 12.0. The number of halogens is 3. The normalized spacial score (nSPS) is 10.3. The summed E-state index contributed by atoms with van der Waals surface area (Å²) in [5.74, 6) is 0.0158. The molecule has 0 radical (unpaired) electrons. The van der Waals surface area contributed by atoms with E-state index in [1.54, 1.807) is 24.3 Å². The van der Waals surface area contributed by atoms with E-state index in [2.05, 4.69) is 15.4 Å². The lowest BCUT2D eigenvalue weighted by Gasteiger charge is -2.09. The van der Waals surface area contributed by atoms with Crippen LogP contribution in [0.2, 0.25) is 5.02 Å². The molecule has 0 fully saturated rings. The number of rotatable bonds is 4. The van der Waals surface area contributed by atoms with Crippen molar-refractivity contribution >= 4 is 29.0 Å². The second-order valence-corrected chi connectivity index (χ2v) is 4.37. The van der Waals surface area contributed by atoms with Crippen LogP contribution in [0.3, 0.4) is 0 Å². The van der Waals surface area contributed by atoms with E-state index < -0.39 is 12.6 Å². The Hall–Kier alpha value is -2.34. The number of anilines is 2. The van der Waals surface area contributed by atoms with E-state index >= 15 is 0 Å². The molecule has 110 valence electrons. The molecule has 2 aromatic rings. The minimum Gasteiger partial charge on any atom is -0.435 e. The van der Waals surface area contributed by atoms with Crippen molar-refractivity contribution in [2.45, 2.75) is 6.61 Å². The smallest absolute Gasteiger partial charge is 0.387 e. The summed E-state index contributed by atoms with van der Waals surface area (Å²) in [7, 11) is 0. The minimum atomic E-state index is -2.88. The largest absolute Gasteiger partial charge is 0.435 e. The summed E-state index contributed by atoms with van der Waals surface area (Å²) in [6.07, 6.45) is 0. The number of carbonyl (C=O) groups is 1. The first-order valence-electron chi connectivity index (χ1n) is 5.92. The quantitative estimate of drug-likeness (QED) is 0.867. The summed E-state index contributed by atoms with van der Waals surface area (Å²) >= 11 is 5.91. The van der Waals surface area contributed by atoms with E-state index in [-0.39, 0.29) is 5.75 Å². The van der Waals surface area contributed by atoms with E-state index in [1.165, 1.54) is 24.3 Å². The van der Waals surface area contributed by atoms with Crippen LogP contribution in [-0.4, -0.2) is 12.6 Å². The fourth-order valence-electron chi connectivity index (χ4n) is 1.57. The highest BCUT2D eigenvalue weighted by Gasteiger charge is 2.07. The zero-order chi connectivity index (χ0) is 15.2. The molecule has 0 aliphatic rings. The molecule has 2 aromatic carbocycles. The predicted octanol–water partition coefficient (Wildman–Crippen LogP) is 4.59. The summed E-state index contributed by atoms with van der Waals surface area (Å²) in [5.41, 5.74) is 0.899. The summed E-state index contributed by atoms with van der Waals surface area (Å²) in [5, 5.41) is 5.53. The number of alkyl halides is 2. The van der Waals surface area contributed by atoms with E-state index in [4.69, 9.17) is 11.6 Å². The van der Waals surface area contributed by atoms with Crippen LogP contribution in [0, 0.1) is 0 Å². The second kappa shape index (κ2) is 6.90. The lowest BCUT2D eigenvalue weighted by molar-refractivity contribution is -0.0498. The van der Waals surface area contributed by atoms with Crippen LogP contribution < -0.4 is 15.4 Å². The Labute approximate surface area is 124 Å². The van der Waals surface area contributed by atoms with Gasteiger partial charge in [-0.05, 0) is 36.4 Å². The lowest BCUT2D eigenvalue weighted by Crippen LogP contribution is -2.19. The molecule has 4 nitrogen and oxygen atoms in total. The van der Waals surface area contributed by atoms with E-state index in [0.717, 1.165) is 0 Å². The van der Waals surface area contributed by atoms with Crippen LogP contribution in [-0.2, 0) is 0 Å². The number of nitrogens with one attached hydrogen (secondary N) is 2. The minimum absolute atomic E-state index is 0.0158. The zero-order valence-electron chi connectivity index (χ0n) is 10.6. The molecular weight excluding hydrogens is 302 g/mol. The molecule has 0 aliphatic heterocycles. The molecule has 0 atom stereocenters. The lowest BCUT2D eigenvalue weighted by atomic mass is 10.3. The van der Waals surface area contributed by atoms with Gasteiger partial charge < -0.3 is 15.4 Å². The van der Waals surface area contributed by atoms with Crippen LogP contribution in [0.1, 0.15) is 0 Å². The third kappa shape index (κ3) is 4.61. The van der Waals surface area contributed by atoms with Gasteiger partial charge in [0.25, 0.3) is 0 Å². The second-order valence-electron chi connectivity index (χ2n) is 3.96. The zero-order valence-corrected chi connectivity index (χ0v) is 11.4. The molecule has 2 N–H and O–H groups in total. The highest BCUT2D eigenvalue weighted by atomic mass is 35.5. The van der Waals surface area contributed by atoms with Crippen LogP contribution in [0.5, 0.6) is 5.75 Å². The number of hydrogen-bond donors (Lipinski definition) is 2. The average Bonchev–Trinajstić information content (AvgIpc) is 2.43.